The largest absolute Gasteiger partial charge is 0.295 e. The van der Waals surface area contributed by atoms with Gasteiger partial charge in [-0.1, -0.05) is 29.8 Å². The van der Waals surface area contributed by atoms with Crippen molar-refractivity contribution in [1.29, 1.82) is 0 Å². The SMILES string of the molecule is Cc1ccc([C@@H](CNS(=O)(=O)c2ccc(F)c(F)c2F)N2CCCC2)cc1. The van der Waals surface area contributed by atoms with Crippen LogP contribution in [0.25, 0.3) is 0 Å². The Balaban J connectivity index is 1.84. The van der Waals surface area contributed by atoms with Crippen LogP contribution >= 0.6 is 0 Å². The van der Waals surface area contributed by atoms with E-state index in [-0.39, 0.29) is 12.6 Å². The molecule has 1 N–H and O–H groups in total. The molecular formula is C19H21F3N2O2S. The Morgan fingerprint density at radius 2 is 1.63 bits per heavy atom. The van der Waals surface area contributed by atoms with Gasteiger partial charge < -0.3 is 0 Å². The number of likely N-dealkylation sites (tertiary alicyclic amines) is 1. The number of halogens is 3. The van der Waals surface area contributed by atoms with Gasteiger partial charge in [0.05, 0.1) is 0 Å². The third-order valence-corrected chi connectivity index (χ3v) is 6.24. The number of aryl methyl sites for hydroxylation is 1. The quantitative estimate of drug-likeness (QED) is 0.758. The number of nitrogens with zero attached hydrogens (tertiary/aromatic N) is 1. The van der Waals surface area contributed by atoms with E-state index in [0.717, 1.165) is 43.1 Å². The molecule has 1 fully saturated rings. The molecule has 146 valence electrons. The minimum absolute atomic E-state index is 0.00380. The first-order valence-corrected chi connectivity index (χ1v) is 10.2. The highest BCUT2D eigenvalue weighted by atomic mass is 32.2. The first-order chi connectivity index (χ1) is 12.8. The zero-order valence-corrected chi connectivity index (χ0v) is 15.7. The van der Waals surface area contributed by atoms with Crippen molar-refractivity contribution in [2.45, 2.75) is 30.7 Å². The molecule has 0 aliphatic carbocycles. The summed E-state index contributed by atoms with van der Waals surface area (Å²) in [4.78, 5) is 1.26. The Bertz CT molecular complexity index is 911. The van der Waals surface area contributed by atoms with Crippen LogP contribution in [0.1, 0.15) is 30.0 Å². The van der Waals surface area contributed by atoms with Gasteiger partial charge in [0.1, 0.15) is 4.90 Å². The predicted octanol–water partition coefficient (Wildman–Crippen LogP) is 3.53. The summed E-state index contributed by atoms with van der Waals surface area (Å²) in [5.74, 6) is -4.94. The summed E-state index contributed by atoms with van der Waals surface area (Å²) in [6.45, 7) is 3.63. The highest BCUT2D eigenvalue weighted by molar-refractivity contribution is 7.89. The average molecular weight is 398 g/mol. The lowest BCUT2D eigenvalue weighted by Gasteiger charge is -2.28. The average Bonchev–Trinajstić information content (AvgIpc) is 3.15. The number of sulfonamides is 1. The number of nitrogens with one attached hydrogen (secondary N) is 1. The lowest BCUT2D eigenvalue weighted by atomic mass is 10.0. The minimum Gasteiger partial charge on any atom is -0.295 e. The Morgan fingerprint density at radius 1 is 1.00 bits per heavy atom. The molecule has 1 saturated heterocycles. The molecule has 0 aromatic heterocycles. The van der Waals surface area contributed by atoms with Crippen LogP contribution < -0.4 is 4.72 Å². The molecule has 2 aromatic carbocycles. The first-order valence-electron chi connectivity index (χ1n) is 8.73. The van der Waals surface area contributed by atoms with Gasteiger partial charge in [0, 0.05) is 12.6 Å². The van der Waals surface area contributed by atoms with Gasteiger partial charge in [0.2, 0.25) is 10.0 Å². The normalized spacial score (nSPS) is 16.6. The maximum absolute atomic E-state index is 13.9. The van der Waals surface area contributed by atoms with Crippen LogP contribution in [0.2, 0.25) is 0 Å². The number of hydrogen-bond acceptors (Lipinski definition) is 3. The van der Waals surface area contributed by atoms with Crippen molar-refractivity contribution in [1.82, 2.24) is 9.62 Å². The molecule has 1 aliphatic rings. The molecule has 4 nitrogen and oxygen atoms in total. The van der Waals surface area contributed by atoms with Crippen molar-refractivity contribution in [2.75, 3.05) is 19.6 Å². The van der Waals surface area contributed by atoms with E-state index < -0.39 is 32.4 Å². The third-order valence-electron chi connectivity index (χ3n) is 4.80. The molecule has 8 heteroatoms. The molecule has 0 unspecified atom stereocenters. The molecule has 2 aromatic rings. The highest BCUT2D eigenvalue weighted by Gasteiger charge is 2.28. The van der Waals surface area contributed by atoms with Gasteiger partial charge in [0.25, 0.3) is 0 Å². The van der Waals surface area contributed by atoms with Crippen molar-refractivity contribution in [2.24, 2.45) is 0 Å². The van der Waals surface area contributed by atoms with Crippen molar-refractivity contribution < 1.29 is 21.6 Å². The van der Waals surface area contributed by atoms with E-state index >= 15 is 0 Å². The van der Waals surface area contributed by atoms with E-state index in [4.69, 9.17) is 0 Å². The van der Waals surface area contributed by atoms with Crippen molar-refractivity contribution >= 4 is 10.0 Å². The monoisotopic (exact) mass is 398 g/mol. The molecule has 0 spiro atoms. The van der Waals surface area contributed by atoms with E-state index in [1.807, 2.05) is 31.2 Å². The zero-order chi connectivity index (χ0) is 19.6. The van der Waals surface area contributed by atoms with Gasteiger partial charge in [-0.05, 0) is 50.6 Å². The first kappa shape index (κ1) is 19.9. The maximum Gasteiger partial charge on any atom is 0.243 e. The predicted molar refractivity (Wildman–Crippen MR) is 96.2 cm³/mol. The molecule has 1 heterocycles. The fraction of sp³-hybridized carbons (Fsp3) is 0.368. The second-order valence-electron chi connectivity index (χ2n) is 6.69. The van der Waals surface area contributed by atoms with Crippen LogP contribution in [-0.2, 0) is 10.0 Å². The molecule has 0 saturated carbocycles. The van der Waals surface area contributed by atoms with E-state index in [1.54, 1.807) is 0 Å². The molecule has 0 bridgehead atoms. The standard InChI is InChI=1S/C19H21F3N2O2S/c1-13-4-6-14(7-5-13)16(24-10-2-3-11-24)12-23-27(25,26)17-9-8-15(20)18(21)19(17)22/h4-9,16,23H,2-3,10-12H2,1H3/t16-/m1/s1. The second kappa shape index (κ2) is 8.00. The van der Waals surface area contributed by atoms with Crippen LogP contribution in [0.3, 0.4) is 0 Å². The lowest BCUT2D eigenvalue weighted by molar-refractivity contribution is 0.246. The van der Waals surface area contributed by atoms with Gasteiger partial charge in [-0.25, -0.2) is 26.3 Å². The smallest absolute Gasteiger partial charge is 0.243 e. The molecule has 3 rings (SSSR count). The highest BCUT2D eigenvalue weighted by Crippen LogP contribution is 2.26. The molecule has 1 atom stereocenters. The number of benzene rings is 2. The lowest BCUT2D eigenvalue weighted by Crippen LogP contribution is -2.37. The zero-order valence-electron chi connectivity index (χ0n) is 14.9. The Morgan fingerprint density at radius 3 is 2.26 bits per heavy atom. The van der Waals surface area contributed by atoms with Crippen LogP contribution in [0.15, 0.2) is 41.3 Å². The van der Waals surface area contributed by atoms with E-state index in [2.05, 4.69) is 9.62 Å². The Labute approximate surface area is 157 Å². The van der Waals surface area contributed by atoms with Crippen molar-refractivity contribution in [3.05, 3.63) is 65.0 Å². The van der Waals surface area contributed by atoms with E-state index in [9.17, 15) is 21.6 Å². The maximum atomic E-state index is 13.9. The van der Waals surface area contributed by atoms with Crippen LogP contribution in [0.5, 0.6) is 0 Å². The van der Waals surface area contributed by atoms with Gasteiger partial charge in [-0.2, -0.15) is 0 Å². The fourth-order valence-electron chi connectivity index (χ4n) is 3.28. The summed E-state index contributed by atoms with van der Waals surface area (Å²) < 4.78 is 67.7. The number of rotatable bonds is 6. The Kier molecular flexibility index (Phi) is 5.88. The van der Waals surface area contributed by atoms with Crippen LogP contribution in [0.4, 0.5) is 13.2 Å². The molecule has 1 aliphatic heterocycles. The number of hydrogen-bond donors (Lipinski definition) is 1. The molecule has 0 amide bonds. The fourth-order valence-corrected chi connectivity index (χ4v) is 4.39. The van der Waals surface area contributed by atoms with Gasteiger partial charge in [-0.15, -0.1) is 0 Å². The topological polar surface area (TPSA) is 49.4 Å². The molecule has 27 heavy (non-hydrogen) atoms. The molecular weight excluding hydrogens is 377 g/mol. The summed E-state index contributed by atoms with van der Waals surface area (Å²) in [6, 6.07) is 8.87. The molecule has 0 radical (unpaired) electrons. The summed E-state index contributed by atoms with van der Waals surface area (Å²) >= 11 is 0. The van der Waals surface area contributed by atoms with E-state index in [1.165, 1.54) is 0 Å². The third kappa shape index (κ3) is 4.34. The summed E-state index contributed by atoms with van der Waals surface area (Å²) in [6.07, 6.45) is 2.04. The summed E-state index contributed by atoms with van der Waals surface area (Å²) in [5, 5.41) is 0. The van der Waals surface area contributed by atoms with Gasteiger partial charge in [-0.3, -0.25) is 4.90 Å². The minimum atomic E-state index is -4.33. The van der Waals surface area contributed by atoms with Crippen molar-refractivity contribution in [3.63, 3.8) is 0 Å². The van der Waals surface area contributed by atoms with Crippen LogP contribution in [-0.4, -0.2) is 33.0 Å². The van der Waals surface area contributed by atoms with Gasteiger partial charge in [0.15, 0.2) is 17.5 Å². The summed E-state index contributed by atoms with van der Waals surface area (Å²) in [7, 11) is -4.33. The van der Waals surface area contributed by atoms with Crippen LogP contribution in [0, 0.1) is 24.4 Å². The Hall–Kier alpha value is -1.90. The summed E-state index contributed by atoms with van der Waals surface area (Å²) in [5.41, 5.74) is 2.03. The van der Waals surface area contributed by atoms with Crippen molar-refractivity contribution in [3.8, 4) is 0 Å². The second-order valence-corrected chi connectivity index (χ2v) is 8.43. The van der Waals surface area contributed by atoms with E-state index in [0.29, 0.717) is 6.07 Å². The van der Waals surface area contributed by atoms with Gasteiger partial charge >= 0.3 is 0 Å².